The molecular weight excluding hydrogens is 488 g/mol. The number of fused-ring (bicyclic) bond motifs is 3. The number of aromatic nitrogens is 1. The number of ether oxygens (including phenoxy) is 3. The lowest BCUT2D eigenvalue weighted by Crippen LogP contribution is -2.52. The van der Waals surface area contributed by atoms with Gasteiger partial charge in [0.15, 0.2) is 11.5 Å². The summed E-state index contributed by atoms with van der Waals surface area (Å²) in [5, 5.41) is 14.0. The maximum absolute atomic E-state index is 12.9. The summed E-state index contributed by atoms with van der Waals surface area (Å²) in [6, 6.07) is 7.08. The van der Waals surface area contributed by atoms with E-state index in [-0.39, 0.29) is 24.7 Å². The summed E-state index contributed by atoms with van der Waals surface area (Å²) in [6.07, 6.45) is 3.34. The number of carbonyl (C=O) groups is 1. The van der Waals surface area contributed by atoms with Crippen LogP contribution < -0.4 is 14.8 Å². The van der Waals surface area contributed by atoms with E-state index in [2.05, 4.69) is 20.2 Å². The number of β-amino-alcohol motifs (C(OH)–C–C–N with tert-alkyl or cyclic N) is 1. The molecule has 5 rings (SSSR count). The summed E-state index contributed by atoms with van der Waals surface area (Å²) in [4.78, 5) is 30.4. The topological polar surface area (TPSA) is 121 Å². The maximum Gasteiger partial charge on any atom is 0.259 e. The van der Waals surface area contributed by atoms with Crippen molar-refractivity contribution in [3.63, 3.8) is 0 Å². The molecule has 1 saturated heterocycles. The lowest BCUT2D eigenvalue weighted by molar-refractivity contribution is -0.0952. The van der Waals surface area contributed by atoms with E-state index in [0.717, 1.165) is 18.7 Å². The fourth-order valence-corrected chi connectivity index (χ4v) is 5.15. The second kappa shape index (κ2) is 10.7. The van der Waals surface area contributed by atoms with Crippen molar-refractivity contribution >= 4 is 23.4 Å². The number of hydrogen-bond acceptors (Lipinski definition) is 10. The zero-order chi connectivity index (χ0) is 26.9. The van der Waals surface area contributed by atoms with Crippen LogP contribution in [0.3, 0.4) is 0 Å². The number of aliphatic hydroxyl groups is 1. The standard InChI is InChI=1S/C27H34N6O5/c1-17-13-32(14-18(2)38-17)15-27(3,35)16-37-21-8-7-20-22(23(21)36-4)30-26(33-11-10-29-24(20)33)31-25(34)19-6-5-9-28-12-19/h5-9,12,17-18,35H,10-11,13-16H2,1-4H3,(H,30,31,34)/t17-,18+,27?. The number of methoxy groups -OCH3 is 1. The Labute approximate surface area is 222 Å². The van der Waals surface area contributed by atoms with Crippen LogP contribution in [-0.4, -0.2) is 102 Å². The average molecular weight is 523 g/mol. The highest BCUT2D eigenvalue weighted by Gasteiger charge is 2.34. The minimum absolute atomic E-state index is 0.0592. The van der Waals surface area contributed by atoms with Crippen LogP contribution in [0.2, 0.25) is 0 Å². The molecule has 3 aliphatic rings. The van der Waals surface area contributed by atoms with Gasteiger partial charge in [0.05, 0.1) is 31.4 Å². The molecular formula is C27H34N6O5. The number of nitrogens with one attached hydrogen (secondary N) is 1. The molecule has 11 heteroatoms. The van der Waals surface area contributed by atoms with Crippen molar-refractivity contribution < 1.29 is 24.1 Å². The molecule has 2 aromatic rings. The molecule has 0 bridgehead atoms. The molecule has 3 aliphatic heterocycles. The molecule has 1 aromatic heterocycles. The molecule has 1 fully saturated rings. The van der Waals surface area contributed by atoms with Gasteiger partial charge in [-0.1, -0.05) is 0 Å². The van der Waals surface area contributed by atoms with Gasteiger partial charge in [-0.15, -0.1) is 0 Å². The highest BCUT2D eigenvalue weighted by Crippen LogP contribution is 2.43. The molecule has 1 amide bonds. The molecule has 4 heterocycles. The summed E-state index contributed by atoms with van der Waals surface area (Å²) in [6.45, 7) is 9.04. The number of pyridine rings is 1. The second-order valence-corrected chi connectivity index (χ2v) is 10.2. The lowest BCUT2D eigenvalue weighted by Gasteiger charge is -2.39. The Hall–Kier alpha value is -3.54. The van der Waals surface area contributed by atoms with E-state index < -0.39 is 5.60 Å². The van der Waals surface area contributed by atoms with E-state index in [4.69, 9.17) is 19.2 Å². The Morgan fingerprint density at radius 3 is 2.76 bits per heavy atom. The minimum atomic E-state index is -1.10. The van der Waals surface area contributed by atoms with Crippen LogP contribution in [0.5, 0.6) is 11.5 Å². The molecule has 1 unspecified atom stereocenters. The molecule has 11 nitrogen and oxygen atoms in total. The SMILES string of the molecule is COc1c(OCC(C)(O)CN2C[C@@H](C)O[C@@H](C)C2)ccc2c1N=C(NC(=O)c1cccnc1)N1CCN=C21. The van der Waals surface area contributed by atoms with Gasteiger partial charge in [0.25, 0.3) is 5.91 Å². The number of morpholine rings is 1. The summed E-state index contributed by atoms with van der Waals surface area (Å²) in [7, 11) is 1.55. The zero-order valence-corrected chi connectivity index (χ0v) is 22.2. The fourth-order valence-electron chi connectivity index (χ4n) is 5.15. The van der Waals surface area contributed by atoms with E-state index in [1.165, 1.54) is 6.20 Å². The summed E-state index contributed by atoms with van der Waals surface area (Å²) in [5.74, 6) is 1.61. The Bertz CT molecular complexity index is 1240. The first-order chi connectivity index (χ1) is 18.2. The third-order valence-corrected chi connectivity index (χ3v) is 6.60. The first-order valence-electron chi connectivity index (χ1n) is 12.8. The van der Waals surface area contributed by atoms with Crippen LogP contribution in [0.4, 0.5) is 5.69 Å². The van der Waals surface area contributed by atoms with Crippen molar-refractivity contribution in [3.05, 3.63) is 47.8 Å². The number of nitrogens with zero attached hydrogens (tertiary/aromatic N) is 5. The lowest BCUT2D eigenvalue weighted by atomic mass is 10.1. The highest BCUT2D eigenvalue weighted by atomic mass is 16.5. The Morgan fingerprint density at radius 2 is 2.05 bits per heavy atom. The summed E-state index contributed by atoms with van der Waals surface area (Å²) in [5.41, 5.74) is 0.623. The largest absolute Gasteiger partial charge is 0.491 e. The van der Waals surface area contributed by atoms with Gasteiger partial charge >= 0.3 is 0 Å². The van der Waals surface area contributed by atoms with Crippen LogP contribution in [0.15, 0.2) is 46.6 Å². The third kappa shape index (κ3) is 5.50. The first-order valence-corrected chi connectivity index (χ1v) is 12.8. The number of amides is 1. The molecule has 2 N–H and O–H groups in total. The number of hydrogen-bond donors (Lipinski definition) is 2. The van der Waals surface area contributed by atoms with Gasteiger partial charge in [-0.3, -0.25) is 29.9 Å². The van der Waals surface area contributed by atoms with Crippen molar-refractivity contribution in [2.24, 2.45) is 9.98 Å². The van der Waals surface area contributed by atoms with Gasteiger partial charge < -0.3 is 19.3 Å². The Balaban J connectivity index is 1.37. The van der Waals surface area contributed by atoms with E-state index in [9.17, 15) is 9.90 Å². The smallest absolute Gasteiger partial charge is 0.259 e. The molecule has 0 aliphatic carbocycles. The van der Waals surface area contributed by atoms with Gasteiger partial charge in [0.2, 0.25) is 5.96 Å². The van der Waals surface area contributed by atoms with Gasteiger partial charge in [-0.05, 0) is 45.0 Å². The third-order valence-electron chi connectivity index (χ3n) is 6.60. The number of amidine groups is 1. The van der Waals surface area contributed by atoms with Gasteiger partial charge in [0, 0.05) is 44.1 Å². The number of guanidine groups is 1. The van der Waals surface area contributed by atoms with Gasteiger partial charge in [0.1, 0.15) is 23.7 Å². The van der Waals surface area contributed by atoms with Gasteiger partial charge in [-0.25, -0.2) is 4.99 Å². The predicted octanol–water partition coefficient (Wildman–Crippen LogP) is 1.82. The predicted molar refractivity (Wildman–Crippen MR) is 142 cm³/mol. The average Bonchev–Trinajstić information content (AvgIpc) is 3.37. The zero-order valence-electron chi connectivity index (χ0n) is 22.2. The molecule has 0 radical (unpaired) electrons. The highest BCUT2D eigenvalue weighted by molar-refractivity contribution is 6.20. The molecule has 38 heavy (non-hydrogen) atoms. The van der Waals surface area contributed by atoms with Crippen LogP contribution >= 0.6 is 0 Å². The number of benzene rings is 1. The number of aliphatic imine (C=N–C) groups is 2. The first kappa shape index (κ1) is 26.1. The summed E-state index contributed by atoms with van der Waals surface area (Å²) < 4.78 is 17.6. The van der Waals surface area contributed by atoms with Crippen LogP contribution in [0, 0.1) is 0 Å². The van der Waals surface area contributed by atoms with Crippen molar-refractivity contribution in [1.29, 1.82) is 0 Å². The molecule has 0 spiro atoms. The van der Waals surface area contributed by atoms with Crippen molar-refractivity contribution in [2.45, 2.75) is 38.6 Å². The monoisotopic (exact) mass is 522 g/mol. The van der Waals surface area contributed by atoms with Gasteiger partial charge in [-0.2, -0.15) is 0 Å². The molecule has 202 valence electrons. The van der Waals surface area contributed by atoms with Crippen molar-refractivity contribution in [2.75, 3.05) is 46.4 Å². The van der Waals surface area contributed by atoms with E-state index in [1.807, 2.05) is 24.8 Å². The Morgan fingerprint density at radius 1 is 1.26 bits per heavy atom. The van der Waals surface area contributed by atoms with Crippen molar-refractivity contribution in [3.8, 4) is 11.5 Å². The van der Waals surface area contributed by atoms with Crippen LogP contribution in [0.25, 0.3) is 0 Å². The molecule has 1 aromatic carbocycles. The summed E-state index contributed by atoms with van der Waals surface area (Å²) >= 11 is 0. The fraction of sp³-hybridized carbons (Fsp3) is 0.481. The second-order valence-electron chi connectivity index (χ2n) is 10.2. The quantitative estimate of drug-likeness (QED) is 0.565. The number of rotatable bonds is 7. The molecule has 0 saturated carbocycles. The minimum Gasteiger partial charge on any atom is -0.491 e. The number of carbonyl (C=O) groups excluding carboxylic acids is 1. The van der Waals surface area contributed by atoms with E-state index in [1.54, 1.807) is 38.4 Å². The van der Waals surface area contributed by atoms with E-state index in [0.29, 0.717) is 54.2 Å². The Kier molecular flexibility index (Phi) is 7.33. The maximum atomic E-state index is 12.9. The normalized spacial score (nSPS) is 22.5. The van der Waals surface area contributed by atoms with E-state index >= 15 is 0 Å². The van der Waals surface area contributed by atoms with Crippen LogP contribution in [0.1, 0.15) is 36.7 Å². The van der Waals surface area contributed by atoms with Crippen LogP contribution in [-0.2, 0) is 4.74 Å². The molecule has 3 atom stereocenters. The van der Waals surface area contributed by atoms with Crippen molar-refractivity contribution in [1.82, 2.24) is 20.1 Å².